The van der Waals surface area contributed by atoms with E-state index in [1.807, 2.05) is 0 Å². The van der Waals surface area contributed by atoms with Crippen LogP contribution in [0.25, 0.3) is 0 Å². The van der Waals surface area contributed by atoms with Crippen LogP contribution in [0.15, 0.2) is 11.4 Å². The lowest BCUT2D eigenvalue weighted by atomic mass is 10.5. The zero-order valence-corrected chi connectivity index (χ0v) is 7.64. The molecule has 1 aromatic rings. The number of aliphatic hydroxyl groups excluding tert-OH is 1. The van der Waals surface area contributed by atoms with Gasteiger partial charge in [0.2, 0.25) is 0 Å². The van der Waals surface area contributed by atoms with Gasteiger partial charge >= 0.3 is 0 Å². The second-order valence-corrected chi connectivity index (χ2v) is 3.35. The Labute approximate surface area is 74.6 Å². The molecule has 12 heavy (non-hydrogen) atoms. The molecule has 68 valence electrons. The average molecular weight is 190 g/mol. The Balaban J connectivity index is 2.66. The van der Waals surface area contributed by atoms with Crippen molar-refractivity contribution in [2.75, 3.05) is 12.4 Å². The molecule has 0 amide bonds. The number of rotatable bonds is 4. The molecule has 0 unspecified atom stereocenters. The summed E-state index contributed by atoms with van der Waals surface area (Å²) in [6, 6.07) is 0. The van der Waals surface area contributed by atoms with Crippen molar-refractivity contribution >= 4 is 11.8 Å². The minimum atomic E-state index is -0.355. The van der Waals surface area contributed by atoms with Crippen molar-refractivity contribution in [2.45, 2.75) is 11.8 Å². The van der Waals surface area contributed by atoms with Gasteiger partial charge in [0.1, 0.15) is 0 Å². The summed E-state index contributed by atoms with van der Waals surface area (Å²) in [4.78, 5) is 4.02. The Bertz CT molecular complexity index is 252. The summed E-state index contributed by atoms with van der Waals surface area (Å²) in [5.74, 6) is 0.412. The minimum absolute atomic E-state index is 0.0281. The van der Waals surface area contributed by atoms with Crippen molar-refractivity contribution < 1.29 is 9.50 Å². The van der Waals surface area contributed by atoms with Crippen LogP contribution in [-0.4, -0.2) is 27.1 Å². The van der Waals surface area contributed by atoms with Crippen LogP contribution in [0.5, 0.6) is 0 Å². The van der Waals surface area contributed by atoms with Gasteiger partial charge in [0.25, 0.3) is 0 Å². The first-order valence-electron chi connectivity index (χ1n) is 3.59. The van der Waals surface area contributed by atoms with Crippen molar-refractivity contribution in [3.8, 4) is 0 Å². The summed E-state index contributed by atoms with van der Waals surface area (Å²) in [6.45, 7) is -0.383. The third-order valence-electron chi connectivity index (χ3n) is 1.51. The molecule has 1 aromatic heterocycles. The zero-order chi connectivity index (χ0) is 8.97. The third kappa shape index (κ3) is 1.98. The molecule has 5 heteroatoms. The van der Waals surface area contributed by atoms with Gasteiger partial charge in [0.05, 0.1) is 25.2 Å². The smallest absolute Gasteiger partial charge is 0.168 e. The molecule has 0 aliphatic carbocycles. The maximum absolute atomic E-state index is 11.8. The Morgan fingerprint density at radius 3 is 3.00 bits per heavy atom. The van der Waals surface area contributed by atoms with E-state index < -0.39 is 0 Å². The van der Waals surface area contributed by atoms with Gasteiger partial charge in [-0.25, -0.2) is 4.98 Å². The lowest BCUT2D eigenvalue weighted by molar-refractivity contribution is 0.271. The lowest BCUT2D eigenvalue weighted by Gasteiger charge is -2.01. The number of hydrogen-bond donors (Lipinski definition) is 1. The maximum atomic E-state index is 11.8. The van der Waals surface area contributed by atoms with Gasteiger partial charge in [-0.15, -0.1) is 0 Å². The number of halogens is 1. The van der Waals surface area contributed by atoms with Gasteiger partial charge in [-0.1, -0.05) is 11.8 Å². The quantitative estimate of drug-likeness (QED) is 0.719. The van der Waals surface area contributed by atoms with E-state index in [2.05, 4.69) is 4.98 Å². The summed E-state index contributed by atoms with van der Waals surface area (Å²) in [6.07, 6.45) is 1.60. The van der Waals surface area contributed by atoms with Crippen LogP contribution >= 0.6 is 11.8 Å². The van der Waals surface area contributed by atoms with E-state index in [1.54, 1.807) is 17.8 Å². The molecule has 0 aliphatic heterocycles. The fourth-order valence-corrected chi connectivity index (χ4v) is 1.53. The Morgan fingerprint density at radius 2 is 2.50 bits per heavy atom. The van der Waals surface area contributed by atoms with Crippen molar-refractivity contribution in [2.24, 2.45) is 7.05 Å². The first-order valence-corrected chi connectivity index (χ1v) is 4.58. The summed E-state index contributed by atoms with van der Waals surface area (Å²) in [7, 11) is 1.80. The second-order valence-electron chi connectivity index (χ2n) is 2.29. The highest BCUT2D eigenvalue weighted by atomic mass is 32.2. The summed E-state index contributed by atoms with van der Waals surface area (Å²) < 4.78 is 13.6. The number of hydrogen-bond acceptors (Lipinski definition) is 3. The predicted molar refractivity (Wildman–Crippen MR) is 45.8 cm³/mol. The fourth-order valence-electron chi connectivity index (χ4n) is 0.837. The first-order chi connectivity index (χ1) is 5.79. The maximum Gasteiger partial charge on any atom is 0.168 e. The van der Waals surface area contributed by atoms with Gasteiger partial charge in [-0.3, -0.25) is 4.39 Å². The summed E-state index contributed by atoms with van der Waals surface area (Å²) in [5, 5.41) is 9.56. The van der Waals surface area contributed by atoms with Crippen LogP contribution in [0.1, 0.15) is 5.69 Å². The highest BCUT2D eigenvalue weighted by molar-refractivity contribution is 7.99. The Morgan fingerprint density at radius 1 is 1.75 bits per heavy atom. The molecule has 0 saturated heterocycles. The van der Waals surface area contributed by atoms with Crippen LogP contribution in [-0.2, 0) is 13.7 Å². The van der Waals surface area contributed by atoms with Crippen molar-refractivity contribution in [1.29, 1.82) is 0 Å². The molecule has 0 fully saturated rings. The number of aromatic nitrogens is 2. The zero-order valence-electron chi connectivity index (χ0n) is 6.83. The van der Waals surface area contributed by atoms with E-state index >= 15 is 0 Å². The molecule has 0 atom stereocenters. The van der Waals surface area contributed by atoms with Gasteiger partial charge in [-0.05, 0) is 0 Å². The normalized spacial score (nSPS) is 10.6. The number of aliphatic hydroxyl groups is 1. The topological polar surface area (TPSA) is 38.0 Å². The standard InChI is InChI=1S/C7H11FN2OS/c1-10-6(5-11)4-9-7(10)12-3-2-8/h4,11H,2-3,5H2,1H3. The van der Waals surface area contributed by atoms with E-state index in [4.69, 9.17) is 5.11 Å². The molecular formula is C7H11FN2OS. The van der Waals surface area contributed by atoms with Gasteiger partial charge in [-0.2, -0.15) is 0 Å². The van der Waals surface area contributed by atoms with Crippen LogP contribution < -0.4 is 0 Å². The number of imidazole rings is 1. The summed E-state index contributed by atoms with van der Waals surface area (Å²) in [5.41, 5.74) is 0.747. The highest BCUT2D eigenvalue weighted by Crippen LogP contribution is 2.16. The van der Waals surface area contributed by atoms with E-state index in [-0.39, 0.29) is 13.3 Å². The number of nitrogens with zero attached hydrogens (tertiary/aromatic N) is 2. The van der Waals surface area contributed by atoms with Crippen LogP contribution in [0.4, 0.5) is 4.39 Å². The second kappa shape index (κ2) is 4.47. The third-order valence-corrected chi connectivity index (χ3v) is 2.51. The lowest BCUT2D eigenvalue weighted by Crippen LogP contribution is -1.97. The highest BCUT2D eigenvalue weighted by Gasteiger charge is 2.04. The Kier molecular flexibility index (Phi) is 3.55. The first kappa shape index (κ1) is 9.54. The molecule has 0 saturated carbocycles. The summed E-state index contributed by atoms with van der Waals surface area (Å²) >= 11 is 1.35. The van der Waals surface area contributed by atoms with Crippen LogP contribution in [0, 0.1) is 0 Å². The van der Waals surface area contributed by atoms with Crippen LogP contribution in [0.2, 0.25) is 0 Å². The SMILES string of the molecule is Cn1c(CO)cnc1SCCF. The molecule has 1 rings (SSSR count). The van der Waals surface area contributed by atoms with Gasteiger partial charge in [0.15, 0.2) is 5.16 Å². The largest absolute Gasteiger partial charge is 0.390 e. The predicted octanol–water partition coefficient (Wildman–Crippen LogP) is 0.974. The molecule has 0 radical (unpaired) electrons. The van der Waals surface area contributed by atoms with E-state index in [0.717, 1.165) is 10.9 Å². The number of thioether (sulfide) groups is 1. The molecule has 1 N–H and O–H groups in total. The van der Waals surface area contributed by atoms with Crippen molar-refractivity contribution in [1.82, 2.24) is 9.55 Å². The van der Waals surface area contributed by atoms with Crippen molar-refractivity contribution in [3.05, 3.63) is 11.9 Å². The van der Waals surface area contributed by atoms with Crippen LogP contribution in [0.3, 0.4) is 0 Å². The Hall–Kier alpha value is -0.550. The van der Waals surface area contributed by atoms with Gasteiger partial charge in [0, 0.05) is 12.8 Å². The molecular weight excluding hydrogens is 179 g/mol. The van der Waals surface area contributed by atoms with Crippen molar-refractivity contribution in [3.63, 3.8) is 0 Å². The van der Waals surface area contributed by atoms with E-state index in [1.165, 1.54) is 11.8 Å². The molecule has 1 heterocycles. The molecule has 0 spiro atoms. The average Bonchev–Trinajstić information content (AvgIpc) is 2.43. The number of alkyl halides is 1. The molecule has 0 aromatic carbocycles. The van der Waals surface area contributed by atoms with E-state index in [9.17, 15) is 4.39 Å². The monoisotopic (exact) mass is 190 g/mol. The van der Waals surface area contributed by atoms with Gasteiger partial charge < -0.3 is 9.67 Å². The fraction of sp³-hybridized carbons (Fsp3) is 0.571. The molecule has 0 aliphatic rings. The molecule has 3 nitrogen and oxygen atoms in total. The minimum Gasteiger partial charge on any atom is -0.390 e. The van der Waals surface area contributed by atoms with E-state index in [0.29, 0.717) is 5.75 Å². The molecule has 0 bridgehead atoms.